The van der Waals surface area contributed by atoms with Crippen LogP contribution in [0.4, 0.5) is 16.0 Å². The molecule has 22 heavy (non-hydrogen) atoms. The first-order valence-electron chi connectivity index (χ1n) is 6.36. The Hall–Kier alpha value is -1.64. The molecule has 2 heterocycles. The van der Waals surface area contributed by atoms with Crippen LogP contribution < -0.4 is 15.8 Å². The molecule has 0 aliphatic carbocycles. The molecule has 3 N–H and O–H groups in total. The molecule has 0 saturated heterocycles. The number of halogens is 1. The summed E-state index contributed by atoms with van der Waals surface area (Å²) in [5.74, 6) is 0.762. The number of thiazole rings is 2. The summed E-state index contributed by atoms with van der Waals surface area (Å²) < 4.78 is 6.33. The summed E-state index contributed by atoms with van der Waals surface area (Å²) in [6.45, 7) is 1.94. The van der Waals surface area contributed by atoms with Crippen LogP contribution in [0, 0.1) is 6.92 Å². The van der Waals surface area contributed by atoms with Crippen molar-refractivity contribution in [2.45, 2.75) is 6.92 Å². The summed E-state index contributed by atoms with van der Waals surface area (Å²) in [5, 5.41) is 6.63. The van der Waals surface area contributed by atoms with Gasteiger partial charge in [-0.15, -0.1) is 11.3 Å². The van der Waals surface area contributed by atoms with Gasteiger partial charge in [-0.05, 0) is 25.1 Å². The van der Waals surface area contributed by atoms with Gasteiger partial charge in [-0.1, -0.05) is 27.3 Å². The number of ether oxygens (including phenoxy) is 1. The van der Waals surface area contributed by atoms with Gasteiger partial charge in [-0.2, -0.15) is 0 Å². The van der Waals surface area contributed by atoms with Crippen molar-refractivity contribution in [3.05, 3.63) is 33.7 Å². The summed E-state index contributed by atoms with van der Waals surface area (Å²) >= 11 is 6.44. The second kappa shape index (κ2) is 6.23. The van der Waals surface area contributed by atoms with E-state index in [0.717, 1.165) is 37.3 Å². The molecule has 3 aromatic rings. The van der Waals surface area contributed by atoms with Gasteiger partial charge in [0.2, 0.25) is 0 Å². The first-order chi connectivity index (χ1) is 10.6. The van der Waals surface area contributed by atoms with Crippen LogP contribution in [-0.2, 0) is 0 Å². The third kappa shape index (κ3) is 3.08. The number of nitrogen functional groups attached to an aromatic ring is 1. The minimum atomic E-state index is 0.559. The zero-order chi connectivity index (χ0) is 15.7. The molecule has 8 heteroatoms. The molecule has 0 aliphatic rings. The number of anilines is 3. The minimum Gasteiger partial charge on any atom is -0.495 e. The van der Waals surface area contributed by atoms with Crippen molar-refractivity contribution < 1.29 is 4.74 Å². The van der Waals surface area contributed by atoms with Crippen LogP contribution in [0.25, 0.3) is 10.6 Å². The van der Waals surface area contributed by atoms with Crippen molar-refractivity contribution in [1.29, 1.82) is 0 Å². The number of aromatic nitrogens is 2. The second-order valence-electron chi connectivity index (χ2n) is 4.47. The second-order valence-corrected chi connectivity index (χ2v) is 7.28. The van der Waals surface area contributed by atoms with Gasteiger partial charge in [0.05, 0.1) is 29.1 Å². The first kappa shape index (κ1) is 15.3. The van der Waals surface area contributed by atoms with Crippen LogP contribution in [0.2, 0.25) is 0 Å². The summed E-state index contributed by atoms with van der Waals surface area (Å²) in [7, 11) is 1.64. The molecule has 0 atom stereocenters. The first-order valence-corrected chi connectivity index (χ1v) is 8.85. The molecule has 2 aromatic heterocycles. The maximum atomic E-state index is 5.75. The SMILES string of the molecule is COc1ccc(Br)cc1Nc1nc(-c2sc(N)nc2C)cs1. The molecule has 0 unspecified atom stereocenters. The van der Waals surface area contributed by atoms with E-state index < -0.39 is 0 Å². The number of rotatable bonds is 4. The molecule has 0 aliphatic heterocycles. The average Bonchev–Trinajstić information content (AvgIpc) is 3.05. The van der Waals surface area contributed by atoms with E-state index in [4.69, 9.17) is 10.5 Å². The van der Waals surface area contributed by atoms with E-state index in [1.807, 2.05) is 30.5 Å². The number of hydrogen-bond donors (Lipinski definition) is 2. The Morgan fingerprint density at radius 1 is 1.32 bits per heavy atom. The quantitative estimate of drug-likeness (QED) is 0.669. The number of nitrogens with zero attached hydrogens (tertiary/aromatic N) is 2. The van der Waals surface area contributed by atoms with Crippen LogP contribution in [0.1, 0.15) is 5.69 Å². The topological polar surface area (TPSA) is 73.1 Å². The van der Waals surface area contributed by atoms with Crippen molar-refractivity contribution in [2.24, 2.45) is 0 Å². The van der Waals surface area contributed by atoms with Gasteiger partial charge in [0.15, 0.2) is 10.3 Å². The van der Waals surface area contributed by atoms with Crippen LogP contribution in [0.3, 0.4) is 0 Å². The molecule has 0 bridgehead atoms. The molecular formula is C14H13BrN4OS2. The van der Waals surface area contributed by atoms with E-state index >= 15 is 0 Å². The van der Waals surface area contributed by atoms with Crippen molar-refractivity contribution in [2.75, 3.05) is 18.2 Å². The molecule has 0 fully saturated rings. The van der Waals surface area contributed by atoms with Gasteiger partial charge in [-0.3, -0.25) is 0 Å². The Bertz CT molecular complexity index is 815. The largest absolute Gasteiger partial charge is 0.495 e. The number of methoxy groups -OCH3 is 1. The molecule has 0 radical (unpaired) electrons. The Balaban J connectivity index is 1.89. The molecular weight excluding hydrogens is 384 g/mol. The fourth-order valence-corrected chi connectivity index (χ4v) is 3.93. The molecule has 114 valence electrons. The molecule has 0 spiro atoms. The minimum absolute atomic E-state index is 0.559. The van der Waals surface area contributed by atoms with E-state index in [0.29, 0.717) is 5.13 Å². The average molecular weight is 397 g/mol. The number of nitrogens with two attached hydrogens (primary N) is 1. The maximum absolute atomic E-state index is 5.75. The monoisotopic (exact) mass is 396 g/mol. The molecule has 0 amide bonds. The van der Waals surface area contributed by atoms with Crippen molar-refractivity contribution in [1.82, 2.24) is 9.97 Å². The van der Waals surface area contributed by atoms with Crippen molar-refractivity contribution >= 4 is 54.6 Å². The van der Waals surface area contributed by atoms with Gasteiger partial charge in [0.25, 0.3) is 0 Å². The van der Waals surface area contributed by atoms with Gasteiger partial charge >= 0.3 is 0 Å². The summed E-state index contributed by atoms with van der Waals surface area (Å²) in [6.07, 6.45) is 0. The lowest BCUT2D eigenvalue weighted by Crippen LogP contribution is -1.94. The van der Waals surface area contributed by atoms with Crippen molar-refractivity contribution in [3.63, 3.8) is 0 Å². The van der Waals surface area contributed by atoms with Gasteiger partial charge in [0, 0.05) is 9.85 Å². The molecule has 5 nitrogen and oxygen atoms in total. The lowest BCUT2D eigenvalue weighted by Gasteiger charge is -2.09. The van der Waals surface area contributed by atoms with E-state index in [1.54, 1.807) is 7.11 Å². The highest BCUT2D eigenvalue weighted by Gasteiger charge is 2.13. The van der Waals surface area contributed by atoms with Crippen LogP contribution in [-0.4, -0.2) is 17.1 Å². The fraction of sp³-hybridized carbons (Fsp3) is 0.143. The van der Waals surface area contributed by atoms with E-state index in [1.165, 1.54) is 22.7 Å². The number of aryl methyl sites for hydroxylation is 1. The standard InChI is InChI=1S/C14H13BrN4OS2/c1-7-12(22-13(16)17-7)10-6-21-14(19-10)18-9-5-8(15)3-4-11(9)20-2/h3-6H,1-2H3,(H2,16,17)(H,18,19). The highest BCUT2D eigenvalue weighted by molar-refractivity contribution is 9.10. The normalized spacial score (nSPS) is 10.7. The van der Waals surface area contributed by atoms with Crippen molar-refractivity contribution in [3.8, 4) is 16.3 Å². The molecule has 0 saturated carbocycles. The van der Waals surface area contributed by atoms with E-state index in [9.17, 15) is 0 Å². The molecule has 3 rings (SSSR count). The number of hydrogen-bond acceptors (Lipinski definition) is 7. The summed E-state index contributed by atoms with van der Waals surface area (Å²) in [5.41, 5.74) is 8.39. The maximum Gasteiger partial charge on any atom is 0.187 e. The number of nitrogens with one attached hydrogen (secondary N) is 1. The highest BCUT2D eigenvalue weighted by Crippen LogP contribution is 2.36. The van der Waals surface area contributed by atoms with Gasteiger partial charge in [-0.25, -0.2) is 9.97 Å². The lowest BCUT2D eigenvalue weighted by atomic mass is 10.3. The third-order valence-corrected chi connectivity index (χ3v) is 5.21. The van der Waals surface area contributed by atoms with Crippen LogP contribution in [0.15, 0.2) is 28.1 Å². The Morgan fingerprint density at radius 3 is 2.82 bits per heavy atom. The molecule has 1 aromatic carbocycles. The Kier molecular flexibility index (Phi) is 4.32. The zero-order valence-corrected chi connectivity index (χ0v) is 15.1. The zero-order valence-electron chi connectivity index (χ0n) is 11.9. The smallest absolute Gasteiger partial charge is 0.187 e. The predicted octanol–water partition coefficient (Wildman–Crippen LogP) is 4.67. The lowest BCUT2D eigenvalue weighted by molar-refractivity contribution is 0.417. The summed E-state index contributed by atoms with van der Waals surface area (Å²) in [4.78, 5) is 9.84. The summed E-state index contributed by atoms with van der Waals surface area (Å²) in [6, 6.07) is 5.78. The van der Waals surface area contributed by atoms with Crippen LogP contribution >= 0.6 is 38.6 Å². The Morgan fingerprint density at radius 2 is 2.14 bits per heavy atom. The van der Waals surface area contributed by atoms with E-state index in [-0.39, 0.29) is 0 Å². The fourth-order valence-electron chi connectivity index (χ4n) is 1.98. The Labute approximate surface area is 144 Å². The van der Waals surface area contributed by atoms with E-state index in [2.05, 4.69) is 31.2 Å². The number of benzene rings is 1. The van der Waals surface area contributed by atoms with Gasteiger partial charge in [0.1, 0.15) is 5.75 Å². The predicted molar refractivity (Wildman–Crippen MR) is 96.3 cm³/mol. The third-order valence-electron chi connectivity index (χ3n) is 2.95. The van der Waals surface area contributed by atoms with Gasteiger partial charge < -0.3 is 15.8 Å². The van der Waals surface area contributed by atoms with Crippen LogP contribution in [0.5, 0.6) is 5.75 Å². The highest BCUT2D eigenvalue weighted by atomic mass is 79.9.